The minimum Gasteiger partial charge on any atom is -0.289 e. The number of nitrogens with zero attached hydrogens (tertiary/aromatic N) is 1. The summed E-state index contributed by atoms with van der Waals surface area (Å²) in [6, 6.07) is 0. The fourth-order valence-corrected chi connectivity index (χ4v) is 5.00. The Morgan fingerprint density at radius 1 is 0.472 bits per heavy atom. The summed E-state index contributed by atoms with van der Waals surface area (Å²) in [7, 11) is 0. The number of rotatable bonds is 30. The van der Waals surface area contributed by atoms with Crippen LogP contribution in [-0.2, 0) is 9.59 Å². The van der Waals surface area contributed by atoms with Gasteiger partial charge < -0.3 is 0 Å². The van der Waals surface area contributed by atoms with Crippen molar-refractivity contribution in [2.75, 3.05) is 6.54 Å². The van der Waals surface area contributed by atoms with Crippen molar-refractivity contribution in [1.29, 1.82) is 0 Å². The third kappa shape index (κ3) is 30.8. The SMILES string of the molecule is O=C=NCCCCCCCCCCCCCCCCCCCCCCCCCCCCCC(=O)NO. The number of carbonyl (C=O) groups excluding carboxylic acids is 2. The number of unbranched alkanes of at least 4 members (excludes halogenated alkanes) is 26. The molecule has 0 aliphatic heterocycles. The van der Waals surface area contributed by atoms with E-state index in [1.54, 1.807) is 11.6 Å². The average molecular weight is 509 g/mol. The first-order chi connectivity index (χ1) is 17.8. The maximum Gasteiger partial charge on any atom is 0.243 e. The first kappa shape index (κ1) is 34.8. The zero-order valence-corrected chi connectivity index (χ0v) is 23.7. The van der Waals surface area contributed by atoms with E-state index in [2.05, 4.69) is 4.99 Å². The highest BCUT2D eigenvalue weighted by molar-refractivity contribution is 5.74. The van der Waals surface area contributed by atoms with E-state index in [1.165, 1.54) is 154 Å². The predicted octanol–water partition coefficient (Wildman–Crippen LogP) is 9.75. The molecule has 5 nitrogen and oxygen atoms in total. The van der Waals surface area contributed by atoms with Crippen LogP contribution in [0, 0.1) is 0 Å². The number of aliphatic imine (C=N–C) groups is 1. The zero-order valence-electron chi connectivity index (χ0n) is 23.7. The Morgan fingerprint density at radius 2 is 0.722 bits per heavy atom. The first-order valence-electron chi connectivity index (χ1n) is 15.8. The molecule has 0 rings (SSSR count). The molecule has 0 radical (unpaired) electrons. The number of hydrogen-bond donors (Lipinski definition) is 2. The van der Waals surface area contributed by atoms with Gasteiger partial charge in [0.05, 0.1) is 6.54 Å². The molecule has 0 unspecified atom stereocenters. The minimum absolute atomic E-state index is 0.262. The fourth-order valence-electron chi connectivity index (χ4n) is 5.00. The van der Waals surface area contributed by atoms with E-state index in [0.29, 0.717) is 13.0 Å². The summed E-state index contributed by atoms with van der Waals surface area (Å²) in [6.07, 6.45) is 38.2. The van der Waals surface area contributed by atoms with E-state index in [-0.39, 0.29) is 5.91 Å². The number of hydrogen-bond acceptors (Lipinski definition) is 4. The number of amides is 1. The van der Waals surface area contributed by atoms with Crippen molar-refractivity contribution >= 4 is 12.0 Å². The Kier molecular flexibility index (Phi) is 30.8. The Morgan fingerprint density at radius 3 is 0.972 bits per heavy atom. The van der Waals surface area contributed by atoms with E-state index in [0.717, 1.165) is 19.3 Å². The maximum atomic E-state index is 10.9. The van der Waals surface area contributed by atoms with Crippen LogP contribution >= 0.6 is 0 Å². The van der Waals surface area contributed by atoms with Crippen molar-refractivity contribution < 1.29 is 14.8 Å². The van der Waals surface area contributed by atoms with E-state index < -0.39 is 0 Å². The highest BCUT2D eigenvalue weighted by Gasteiger charge is 1.99. The standard InChI is InChI=1S/C31H60N2O3/c34-30-32-29-27-25-23-21-19-17-15-13-11-9-7-5-3-1-2-4-6-8-10-12-14-16-18-20-22-24-26-28-31(35)33-36/h36H,1-29H2,(H,33,35). The van der Waals surface area contributed by atoms with Crippen LogP contribution < -0.4 is 5.48 Å². The summed E-state index contributed by atoms with van der Waals surface area (Å²) < 4.78 is 0. The van der Waals surface area contributed by atoms with Gasteiger partial charge in [0.15, 0.2) is 0 Å². The lowest BCUT2D eigenvalue weighted by atomic mass is 10.0. The van der Waals surface area contributed by atoms with Crippen molar-refractivity contribution in [1.82, 2.24) is 5.48 Å². The van der Waals surface area contributed by atoms with Gasteiger partial charge in [0, 0.05) is 6.42 Å². The van der Waals surface area contributed by atoms with Crippen molar-refractivity contribution in [2.45, 2.75) is 180 Å². The molecule has 212 valence electrons. The van der Waals surface area contributed by atoms with Crippen LogP contribution in [0.4, 0.5) is 0 Å². The Hall–Kier alpha value is -1.19. The quantitative estimate of drug-likeness (QED) is 0.0333. The van der Waals surface area contributed by atoms with Crippen molar-refractivity contribution in [3.05, 3.63) is 0 Å². The predicted molar refractivity (Wildman–Crippen MR) is 152 cm³/mol. The number of isocyanates is 1. The van der Waals surface area contributed by atoms with Crippen molar-refractivity contribution in [3.63, 3.8) is 0 Å². The van der Waals surface area contributed by atoms with Crippen LogP contribution in [0.1, 0.15) is 180 Å². The van der Waals surface area contributed by atoms with Crippen LogP contribution in [0.25, 0.3) is 0 Å². The molecule has 0 heterocycles. The normalized spacial score (nSPS) is 10.9. The van der Waals surface area contributed by atoms with Gasteiger partial charge in [-0.15, -0.1) is 0 Å². The van der Waals surface area contributed by atoms with Gasteiger partial charge >= 0.3 is 0 Å². The van der Waals surface area contributed by atoms with Gasteiger partial charge in [-0.3, -0.25) is 10.0 Å². The Balaban J connectivity index is 3.04. The third-order valence-electron chi connectivity index (χ3n) is 7.36. The monoisotopic (exact) mass is 508 g/mol. The van der Waals surface area contributed by atoms with Crippen LogP contribution in [-0.4, -0.2) is 23.7 Å². The highest BCUT2D eigenvalue weighted by atomic mass is 16.5. The Bertz CT molecular complexity index is 492. The molecule has 0 bridgehead atoms. The molecule has 2 N–H and O–H groups in total. The van der Waals surface area contributed by atoms with E-state index in [9.17, 15) is 9.59 Å². The lowest BCUT2D eigenvalue weighted by Gasteiger charge is -2.04. The minimum atomic E-state index is -0.262. The van der Waals surface area contributed by atoms with Crippen LogP contribution in [0.3, 0.4) is 0 Å². The average Bonchev–Trinajstić information content (AvgIpc) is 2.89. The van der Waals surface area contributed by atoms with Gasteiger partial charge in [0.1, 0.15) is 0 Å². The smallest absolute Gasteiger partial charge is 0.243 e. The van der Waals surface area contributed by atoms with E-state index in [4.69, 9.17) is 5.21 Å². The molecule has 0 aliphatic carbocycles. The summed E-state index contributed by atoms with van der Waals surface area (Å²) >= 11 is 0. The molecular weight excluding hydrogens is 448 g/mol. The van der Waals surface area contributed by atoms with Gasteiger partial charge in [-0.1, -0.05) is 161 Å². The second kappa shape index (κ2) is 31.8. The first-order valence-corrected chi connectivity index (χ1v) is 15.8. The molecule has 5 heteroatoms. The summed E-state index contributed by atoms with van der Waals surface area (Å²) in [5.74, 6) is -0.262. The number of carbonyl (C=O) groups is 1. The summed E-state index contributed by atoms with van der Waals surface area (Å²) in [5.41, 5.74) is 1.69. The molecule has 0 aliphatic rings. The molecule has 0 atom stereocenters. The molecule has 0 saturated heterocycles. The van der Waals surface area contributed by atoms with Gasteiger partial charge in [-0.25, -0.2) is 15.3 Å². The topological polar surface area (TPSA) is 78.8 Å². The van der Waals surface area contributed by atoms with Crippen LogP contribution in [0.5, 0.6) is 0 Å². The second-order valence-electron chi connectivity index (χ2n) is 10.8. The number of nitrogens with one attached hydrogen (secondary N) is 1. The van der Waals surface area contributed by atoms with Gasteiger partial charge in [0.2, 0.25) is 12.0 Å². The van der Waals surface area contributed by atoms with Crippen LogP contribution in [0.2, 0.25) is 0 Å². The maximum absolute atomic E-state index is 10.9. The molecular formula is C31H60N2O3. The summed E-state index contributed by atoms with van der Waals surface area (Å²) in [5, 5.41) is 8.44. The lowest BCUT2D eigenvalue weighted by Crippen LogP contribution is -2.17. The van der Waals surface area contributed by atoms with Crippen molar-refractivity contribution in [3.8, 4) is 0 Å². The molecule has 0 aromatic heterocycles. The third-order valence-corrected chi connectivity index (χ3v) is 7.36. The lowest BCUT2D eigenvalue weighted by molar-refractivity contribution is -0.129. The highest BCUT2D eigenvalue weighted by Crippen LogP contribution is 2.16. The van der Waals surface area contributed by atoms with Gasteiger partial charge in [0.25, 0.3) is 0 Å². The molecule has 36 heavy (non-hydrogen) atoms. The summed E-state index contributed by atoms with van der Waals surface area (Å²) in [6.45, 7) is 0.659. The molecule has 0 spiro atoms. The zero-order chi connectivity index (χ0) is 26.2. The second-order valence-corrected chi connectivity index (χ2v) is 10.8. The number of hydroxylamine groups is 1. The molecule has 0 aromatic carbocycles. The van der Waals surface area contributed by atoms with Gasteiger partial charge in [-0.2, -0.15) is 0 Å². The largest absolute Gasteiger partial charge is 0.289 e. The molecule has 0 saturated carbocycles. The van der Waals surface area contributed by atoms with E-state index >= 15 is 0 Å². The van der Waals surface area contributed by atoms with E-state index in [1.807, 2.05) is 0 Å². The van der Waals surface area contributed by atoms with Crippen molar-refractivity contribution in [2.24, 2.45) is 4.99 Å². The fraction of sp³-hybridized carbons (Fsp3) is 0.935. The van der Waals surface area contributed by atoms with Gasteiger partial charge in [-0.05, 0) is 12.8 Å². The molecule has 1 amide bonds. The molecule has 0 fully saturated rings. The van der Waals surface area contributed by atoms with Crippen LogP contribution in [0.15, 0.2) is 4.99 Å². The Labute approximate surface area is 223 Å². The molecule has 0 aromatic rings. The summed E-state index contributed by atoms with van der Waals surface area (Å²) in [4.78, 5) is 24.5.